The fourth-order valence-electron chi connectivity index (χ4n) is 1.88. The number of ether oxygens (including phenoxy) is 1. The summed E-state index contributed by atoms with van der Waals surface area (Å²) in [6.07, 6.45) is 5.81. The molecule has 0 unspecified atom stereocenters. The number of nitrogens with zero attached hydrogens (tertiary/aromatic N) is 2. The molecule has 0 aliphatic carbocycles. The van der Waals surface area contributed by atoms with Crippen molar-refractivity contribution in [2.24, 2.45) is 0 Å². The Morgan fingerprint density at radius 1 is 1.40 bits per heavy atom. The lowest BCUT2D eigenvalue weighted by atomic mass is 10.1. The van der Waals surface area contributed by atoms with Crippen molar-refractivity contribution in [1.29, 1.82) is 0 Å². The van der Waals surface area contributed by atoms with Crippen LogP contribution in [0.1, 0.15) is 23.0 Å². The van der Waals surface area contributed by atoms with Crippen LogP contribution in [0.3, 0.4) is 0 Å². The molecule has 1 atom stereocenters. The van der Waals surface area contributed by atoms with E-state index in [0.29, 0.717) is 11.4 Å². The predicted molar refractivity (Wildman–Crippen MR) is 75.7 cm³/mol. The molecule has 0 fully saturated rings. The zero-order chi connectivity index (χ0) is 14.4. The van der Waals surface area contributed by atoms with Crippen molar-refractivity contribution < 1.29 is 9.53 Å². The van der Waals surface area contributed by atoms with Crippen molar-refractivity contribution in [1.82, 2.24) is 15.3 Å². The van der Waals surface area contributed by atoms with Crippen LogP contribution >= 0.6 is 0 Å². The number of amides is 1. The van der Waals surface area contributed by atoms with Gasteiger partial charge in [-0.2, -0.15) is 0 Å². The van der Waals surface area contributed by atoms with Gasteiger partial charge in [-0.1, -0.05) is 6.07 Å². The lowest BCUT2D eigenvalue weighted by Gasteiger charge is -2.13. The van der Waals surface area contributed by atoms with Gasteiger partial charge in [0, 0.05) is 30.7 Å². The first-order valence-corrected chi connectivity index (χ1v) is 6.39. The van der Waals surface area contributed by atoms with Crippen LogP contribution in [-0.4, -0.2) is 29.0 Å². The zero-order valence-electron chi connectivity index (χ0n) is 11.5. The van der Waals surface area contributed by atoms with Crippen LogP contribution in [0.15, 0.2) is 42.9 Å². The quantitative estimate of drug-likeness (QED) is 0.901. The number of aromatic nitrogens is 2. The van der Waals surface area contributed by atoms with Gasteiger partial charge < -0.3 is 10.1 Å². The summed E-state index contributed by atoms with van der Waals surface area (Å²) in [7, 11) is 1.56. The third-order valence-corrected chi connectivity index (χ3v) is 2.84. The molecular weight excluding hydrogens is 254 g/mol. The van der Waals surface area contributed by atoms with E-state index in [0.717, 1.165) is 12.0 Å². The minimum atomic E-state index is -0.208. The van der Waals surface area contributed by atoms with Gasteiger partial charge in [0.15, 0.2) is 0 Å². The molecule has 0 bridgehead atoms. The Balaban J connectivity index is 1.96. The fraction of sp³-hybridized carbons (Fsp3) is 0.267. The van der Waals surface area contributed by atoms with Crippen LogP contribution in [0.4, 0.5) is 0 Å². The van der Waals surface area contributed by atoms with E-state index in [4.69, 9.17) is 4.74 Å². The van der Waals surface area contributed by atoms with E-state index in [1.807, 2.05) is 19.1 Å². The number of rotatable bonds is 5. The van der Waals surface area contributed by atoms with Crippen LogP contribution < -0.4 is 10.1 Å². The van der Waals surface area contributed by atoms with Gasteiger partial charge in [-0.3, -0.25) is 14.8 Å². The van der Waals surface area contributed by atoms with Crippen molar-refractivity contribution in [2.45, 2.75) is 19.4 Å². The Bertz CT molecular complexity index is 572. The average molecular weight is 271 g/mol. The first-order chi connectivity index (χ1) is 9.69. The Labute approximate surface area is 118 Å². The maximum absolute atomic E-state index is 12.1. The molecule has 0 saturated carbocycles. The molecule has 0 aliphatic heterocycles. The van der Waals surface area contributed by atoms with Crippen LogP contribution in [0.2, 0.25) is 0 Å². The number of pyridine rings is 2. The molecule has 0 spiro atoms. The van der Waals surface area contributed by atoms with Crippen LogP contribution in [0.5, 0.6) is 5.75 Å². The summed E-state index contributed by atoms with van der Waals surface area (Å²) in [4.78, 5) is 20.2. The predicted octanol–water partition coefficient (Wildman–Crippen LogP) is 1.85. The van der Waals surface area contributed by atoms with Crippen molar-refractivity contribution in [3.8, 4) is 5.75 Å². The number of hydrogen-bond acceptors (Lipinski definition) is 4. The highest BCUT2D eigenvalue weighted by molar-refractivity contribution is 5.92. The lowest BCUT2D eigenvalue weighted by molar-refractivity contribution is 0.0934. The molecule has 2 heterocycles. The first kappa shape index (κ1) is 14.0. The average Bonchev–Trinajstić information content (AvgIpc) is 2.48. The van der Waals surface area contributed by atoms with E-state index in [2.05, 4.69) is 15.3 Å². The van der Waals surface area contributed by atoms with E-state index in [1.54, 1.807) is 37.8 Å². The highest BCUT2D eigenvalue weighted by atomic mass is 16.5. The van der Waals surface area contributed by atoms with E-state index >= 15 is 0 Å². The summed E-state index contributed by atoms with van der Waals surface area (Å²) in [5, 5.41) is 2.91. The largest absolute Gasteiger partial charge is 0.497 e. The third-order valence-electron chi connectivity index (χ3n) is 2.84. The van der Waals surface area contributed by atoms with Crippen LogP contribution in [0, 0.1) is 0 Å². The summed E-state index contributed by atoms with van der Waals surface area (Å²) in [6, 6.07) is 7.19. The van der Waals surface area contributed by atoms with Crippen molar-refractivity contribution in [3.63, 3.8) is 0 Å². The van der Waals surface area contributed by atoms with E-state index in [9.17, 15) is 4.79 Å². The maximum atomic E-state index is 12.1. The number of carbonyl (C=O) groups is 1. The normalized spacial score (nSPS) is 11.7. The number of hydrogen-bond donors (Lipinski definition) is 1. The van der Waals surface area contributed by atoms with Gasteiger partial charge in [0.2, 0.25) is 0 Å². The molecule has 104 valence electrons. The molecule has 5 nitrogen and oxygen atoms in total. The Kier molecular flexibility index (Phi) is 4.65. The molecule has 20 heavy (non-hydrogen) atoms. The first-order valence-electron chi connectivity index (χ1n) is 6.39. The highest BCUT2D eigenvalue weighted by Gasteiger charge is 2.12. The molecule has 0 radical (unpaired) electrons. The van der Waals surface area contributed by atoms with Gasteiger partial charge in [-0.15, -0.1) is 0 Å². The van der Waals surface area contributed by atoms with Gasteiger partial charge >= 0.3 is 0 Å². The second kappa shape index (κ2) is 6.65. The molecule has 2 aromatic heterocycles. The molecule has 0 saturated heterocycles. The molecule has 5 heteroatoms. The smallest absolute Gasteiger partial charge is 0.270 e. The second-order valence-corrected chi connectivity index (χ2v) is 4.52. The number of nitrogens with one attached hydrogen (secondary N) is 1. The topological polar surface area (TPSA) is 64.1 Å². The Morgan fingerprint density at radius 2 is 2.25 bits per heavy atom. The highest BCUT2D eigenvalue weighted by Crippen LogP contribution is 2.10. The third kappa shape index (κ3) is 3.78. The molecule has 2 aromatic rings. The van der Waals surface area contributed by atoms with E-state index in [-0.39, 0.29) is 11.9 Å². The SMILES string of the molecule is COc1ccnc(C(=O)N[C@@H](C)Cc2cccnc2)c1. The van der Waals surface area contributed by atoms with Crippen molar-refractivity contribution in [3.05, 3.63) is 54.1 Å². The molecule has 1 N–H and O–H groups in total. The number of methoxy groups -OCH3 is 1. The van der Waals surface area contributed by atoms with E-state index in [1.165, 1.54) is 0 Å². The van der Waals surface area contributed by atoms with Crippen LogP contribution in [-0.2, 0) is 6.42 Å². The molecule has 2 rings (SSSR count). The Hall–Kier alpha value is -2.43. The fourth-order valence-corrected chi connectivity index (χ4v) is 1.88. The standard InChI is InChI=1S/C15H17N3O2/c1-11(8-12-4-3-6-16-10-12)18-15(19)14-9-13(20-2)5-7-17-14/h3-7,9-11H,8H2,1-2H3,(H,18,19)/t11-/m0/s1. The summed E-state index contributed by atoms with van der Waals surface area (Å²) in [5.41, 5.74) is 1.43. The lowest BCUT2D eigenvalue weighted by Crippen LogP contribution is -2.34. The number of carbonyl (C=O) groups excluding carboxylic acids is 1. The summed E-state index contributed by atoms with van der Waals surface area (Å²) < 4.78 is 5.08. The minimum Gasteiger partial charge on any atom is -0.497 e. The molecule has 1 amide bonds. The summed E-state index contributed by atoms with van der Waals surface area (Å²) in [5.74, 6) is 0.408. The van der Waals surface area contributed by atoms with Gasteiger partial charge in [0.05, 0.1) is 7.11 Å². The van der Waals surface area contributed by atoms with Crippen molar-refractivity contribution in [2.75, 3.05) is 7.11 Å². The van der Waals surface area contributed by atoms with Gasteiger partial charge in [0.1, 0.15) is 11.4 Å². The Morgan fingerprint density at radius 3 is 2.95 bits per heavy atom. The van der Waals surface area contributed by atoms with Gasteiger partial charge in [-0.25, -0.2) is 0 Å². The maximum Gasteiger partial charge on any atom is 0.270 e. The monoisotopic (exact) mass is 271 g/mol. The molecule has 0 aliphatic rings. The summed E-state index contributed by atoms with van der Waals surface area (Å²) >= 11 is 0. The van der Waals surface area contributed by atoms with Gasteiger partial charge in [-0.05, 0) is 31.0 Å². The zero-order valence-corrected chi connectivity index (χ0v) is 11.5. The van der Waals surface area contributed by atoms with E-state index < -0.39 is 0 Å². The van der Waals surface area contributed by atoms with Gasteiger partial charge in [0.25, 0.3) is 5.91 Å². The molecule has 0 aromatic carbocycles. The second-order valence-electron chi connectivity index (χ2n) is 4.52. The van der Waals surface area contributed by atoms with Crippen molar-refractivity contribution >= 4 is 5.91 Å². The summed E-state index contributed by atoms with van der Waals surface area (Å²) in [6.45, 7) is 1.95. The van der Waals surface area contributed by atoms with Crippen LogP contribution in [0.25, 0.3) is 0 Å². The molecular formula is C15H17N3O2. The minimum absolute atomic E-state index is 0.000277.